The van der Waals surface area contributed by atoms with Crippen molar-refractivity contribution >= 4 is 10.0 Å². The van der Waals surface area contributed by atoms with E-state index in [0.717, 1.165) is 12.8 Å². The van der Waals surface area contributed by atoms with Gasteiger partial charge in [-0.25, -0.2) is 8.42 Å². The minimum Gasteiger partial charge on any atom is -0.366 e. The van der Waals surface area contributed by atoms with Gasteiger partial charge in [0, 0.05) is 37.6 Å². The van der Waals surface area contributed by atoms with Crippen LogP contribution < -0.4 is 5.32 Å². The van der Waals surface area contributed by atoms with E-state index >= 15 is 0 Å². The minimum atomic E-state index is -3.34. The monoisotopic (exact) mass is 269 g/mol. The molecule has 2 atom stereocenters. The first-order chi connectivity index (χ1) is 8.57. The van der Waals surface area contributed by atoms with Crippen LogP contribution in [0.2, 0.25) is 0 Å². The van der Waals surface area contributed by atoms with Crippen molar-refractivity contribution in [1.29, 1.82) is 0 Å². The highest BCUT2D eigenvalue weighted by Gasteiger charge is 2.38. The predicted octanol–water partition coefficient (Wildman–Crippen LogP) is 0.918. The standard InChI is InChI=1S/C12H19N3O2S/c1-15(18(16,17)12-4-5-13-8-12)11-6-9-2-3-10(7-11)14-9/h4-5,8-11,13-14H,2-3,6-7H2,1H3. The van der Waals surface area contributed by atoms with E-state index in [2.05, 4.69) is 10.3 Å². The Hall–Kier alpha value is -0.850. The molecule has 2 fully saturated rings. The van der Waals surface area contributed by atoms with Crippen LogP contribution in [0.5, 0.6) is 0 Å². The molecule has 2 saturated heterocycles. The Morgan fingerprint density at radius 2 is 1.94 bits per heavy atom. The predicted molar refractivity (Wildman–Crippen MR) is 68.7 cm³/mol. The summed E-state index contributed by atoms with van der Waals surface area (Å²) in [4.78, 5) is 3.16. The van der Waals surface area contributed by atoms with Gasteiger partial charge in [0.05, 0.1) is 4.90 Å². The molecule has 5 nitrogen and oxygen atoms in total. The van der Waals surface area contributed by atoms with Crippen molar-refractivity contribution in [2.24, 2.45) is 0 Å². The molecule has 0 aromatic carbocycles. The smallest absolute Gasteiger partial charge is 0.244 e. The molecule has 2 aliphatic rings. The van der Waals surface area contributed by atoms with Crippen molar-refractivity contribution in [1.82, 2.24) is 14.6 Å². The number of hydrogen-bond acceptors (Lipinski definition) is 3. The highest BCUT2D eigenvalue weighted by atomic mass is 32.2. The number of sulfonamides is 1. The van der Waals surface area contributed by atoms with Crippen molar-refractivity contribution in [2.45, 2.75) is 48.7 Å². The summed E-state index contributed by atoms with van der Waals surface area (Å²) in [6.45, 7) is 0. The van der Waals surface area contributed by atoms with Crippen LogP contribution >= 0.6 is 0 Å². The lowest BCUT2D eigenvalue weighted by Crippen LogP contribution is -2.48. The van der Waals surface area contributed by atoms with Crippen LogP contribution in [0, 0.1) is 0 Å². The molecule has 2 N–H and O–H groups in total. The Morgan fingerprint density at radius 1 is 1.28 bits per heavy atom. The van der Waals surface area contributed by atoms with Crippen molar-refractivity contribution in [3.8, 4) is 0 Å². The molecule has 3 rings (SSSR count). The first-order valence-electron chi connectivity index (χ1n) is 6.44. The van der Waals surface area contributed by atoms with Gasteiger partial charge in [0.2, 0.25) is 10.0 Å². The number of piperidine rings is 1. The average Bonchev–Trinajstić information content (AvgIpc) is 2.98. The van der Waals surface area contributed by atoms with Crippen LogP contribution in [0.4, 0.5) is 0 Å². The fraction of sp³-hybridized carbons (Fsp3) is 0.667. The van der Waals surface area contributed by atoms with Gasteiger partial charge in [-0.3, -0.25) is 0 Å². The zero-order chi connectivity index (χ0) is 12.8. The molecule has 100 valence electrons. The van der Waals surface area contributed by atoms with Gasteiger partial charge in [-0.2, -0.15) is 4.31 Å². The zero-order valence-corrected chi connectivity index (χ0v) is 11.3. The molecule has 2 bridgehead atoms. The summed E-state index contributed by atoms with van der Waals surface area (Å²) in [5, 5.41) is 3.53. The van der Waals surface area contributed by atoms with E-state index in [4.69, 9.17) is 0 Å². The lowest BCUT2D eigenvalue weighted by Gasteiger charge is -2.34. The Balaban J connectivity index is 1.80. The van der Waals surface area contributed by atoms with E-state index in [0.29, 0.717) is 17.0 Å². The number of aromatic nitrogens is 1. The topological polar surface area (TPSA) is 65.2 Å². The van der Waals surface area contributed by atoms with Crippen LogP contribution in [0.15, 0.2) is 23.4 Å². The zero-order valence-electron chi connectivity index (χ0n) is 10.5. The summed E-state index contributed by atoms with van der Waals surface area (Å²) < 4.78 is 26.4. The van der Waals surface area contributed by atoms with E-state index < -0.39 is 10.0 Å². The molecule has 3 heterocycles. The molecule has 1 aromatic heterocycles. The number of rotatable bonds is 3. The Bertz CT molecular complexity index is 499. The van der Waals surface area contributed by atoms with Crippen molar-refractivity contribution in [2.75, 3.05) is 7.05 Å². The van der Waals surface area contributed by atoms with E-state index in [1.165, 1.54) is 12.8 Å². The summed E-state index contributed by atoms with van der Waals surface area (Å²) in [6.07, 6.45) is 7.40. The first kappa shape index (κ1) is 12.2. The van der Waals surface area contributed by atoms with Crippen LogP contribution in [-0.2, 0) is 10.0 Å². The summed E-state index contributed by atoms with van der Waals surface area (Å²) in [6, 6.07) is 2.74. The van der Waals surface area contributed by atoms with Gasteiger partial charge in [-0.15, -0.1) is 0 Å². The fourth-order valence-electron chi connectivity index (χ4n) is 3.16. The maximum absolute atomic E-state index is 12.4. The van der Waals surface area contributed by atoms with Crippen LogP contribution in [0.3, 0.4) is 0 Å². The van der Waals surface area contributed by atoms with E-state index in [1.54, 1.807) is 29.8 Å². The van der Waals surface area contributed by atoms with Gasteiger partial charge in [0.15, 0.2) is 0 Å². The third kappa shape index (κ3) is 1.98. The van der Waals surface area contributed by atoms with Gasteiger partial charge in [-0.05, 0) is 31.7 Å². The van der Waals surface area contributed by atoms with Crippen molar-refractivity contribution < 1.29 is 8.42 Å². The van der Waals surface area contributed by atoms with Gasteiger partial charge in [-0.1, -0.05) is 0 Å². The molecule has 2 unspecified atom stereocenters. The van der Waals surface area contributed by atoms with Gasteiger partial charge < -0.3 is 10.3 Å². The maximum atomic E-state index is 12.4. The second-order valence-corrected chi connectivity index (χ2v) is 7.33. The van der Waals surface area contributed by atoms with E-state index in [1.807, 2.05) is 0 Å². The second kappa shape index (κ2) is 4.36. The SMILES string of the molecule is CN(C1CC2CCC(C1)N2)S(=O)(=O)c1cc[nH]c1. The van der Waals surface area contributed by atoms with Gasteiger partial charge in [0.25, 0.3) is 0 Å². The summed E-state index contributed by atoms with van der Waals surface area (Å²) in [7, 11) is -1.63. The largest absolute Gasteiger partial charge is 0.366 e. The molecule has 0 spiro atoms. The van der Waals surface area contributed by atoms with Gasteiger partial charge in [0.1, 0.15) is 0 Å². The highest BCUT2D eigenvalue weighted by molar-refractivity contribution is 7.89. The molecular formula is C12H19N3O2S. The molecule has 0 radical (unpaired) electrons. The summed E-state index contributed by atoms with van der Waals surface area (Å²) in [5.74, 6) is 0. The lowest BCUT2D eigenvalue weighted by atomic mass is 10.0. The quantitative estimate of drug-likeness (QED) is 0.857. The second-order valence-electron chi connectivity index (χ2n) is 5.33. The number of fused-ring (bicyclic) bond motifs is 2. The molecular weight excluding hydrogens is 250 g/mol. The molecule has 1 aromatic rings. The lowest BCUT2D eigenvalue weighted by molar-refractivity contribution is 0.251. The highest BCUT2D eigenvalue weighted by Crippen LogP contribution is 2.31. The molecule has 18 heavy (non-hydrogen) atoms. The molecule has 2 aliphatic heterocycles. The third-order valence-corrected chi connectivity index (χ3v) is 6.11. The van der Waals surface area contributed by atoms with E-state index in [-0.39, 0.29) is 6.04 Å². The van der Waals surface area contributed by atoms with Crippen molar-refractivity contribution in [3.05, 3.63) is 18.5 Å². The Morgan fingerprint density at radius 3 is 2.50 bits per heavy atom. The molecule has 0 amide bonds. The van der Waals surface area contributed by atoms with Crippen LogP contribution in [0.1, 0.15) is 25.7 Å². The van der Waals surface area contributed by atoms with Crippen LogP contribution in [0.25, 0.3) is 0 Å². The van der Waals surface area contributed by atoms with E-state index in [9.17, 15) is 8.42 Å². The minimum absolute atomic E-state index is 0.128. The number of nitrogens with zero attached hydrogens (tertiary/aromatic N) is 1. The number of nitrogens with one attached hydrogen (secondary N) is 2. The summed E-state index contributed by atoms with van der Waals surface area (Å²) >= 11 is 0. The van der Waals surface area contributed by atoms with Gasteiger partial charge >= 0.3 is 0 Å². The van der Waals surface area contributed by atoms with Crippen molar-refractivity contribution in [3.63, 3.8) is 0 Å². The normalized spacial score (nSPS) is 32.0. The first-order valence-corrected chi connectivity index (χ1v) is 7.88. The fourth-order valence-corrected chi connectivity index (χ4v) is 4.51. The molecule has 0 aliphatic carbocycles. The van der Waals surface area contributed by atoms with Crippen LogP contribution in [-0.4, -0.2) is 42.9 Å². The number of hydrogen-bond donors (Lipinski definition) is 2. The number of H-pyrrole nitrogens is 1. The number of aromatic amines is 1. The third-order valence-electron chi connectivity index (χ3n) is 4.21. The Labute approximate surface area is 108 Å². The molecule has 6 heteroatoms. The average molecular weight is 269 g/mol. The Kier molecular flexibility index (Phi) is 2.96. The molecule has 0 saturated carbocycles. The summed E-state index contributed by atoms with van der Waals surface area (Å²) in [5.41, 5.74) is 0. The maximum Gasteiger partial charge on any atom is 0.244 e.